The first-order valence-electron chi connectivity index (χ1n) is 5.18. The third kappa shape index (κ3) is 1.76. The van der Waals surface area contributed by atoms with Crippen LogP contribution in [0.3, 0.4) is 0 Å². The monoisotopic (exact) mass is 244 g/mol. The van der Waals surface area contributed by atoms with Gasteiger partial charge in [0.05, 0.1) is 6.20 Å². The second-order valence-corrected chi connectivity index (χ2v) is 4.20. The SMILES string of the molecule is Cc1nnc2cc(-c3ccc(Cl)cc3)cnn12. The van der Waals surface area contributed by atoms with Crippen molar-refractivity contribution in [2.75, 3.05) is 0 Å². The van der Waals surface area contributed by atoms with Crippen LogP contribution in [0.5, 0.6) is 0 Å². The summed E-state index contributed by atoms with van der Waals surface area (Å²) in [5, 5.41) is 13.0. The number of benzene rings is 1. The summed E-state index contributed by atoms with van der Waals surface area (Å²) >= 11 is 5.86. The predicted molar refractivity (Wildman–Crippen MR) is 66.0 cm³/mol. The van der Waals surface area contributed by atoms with Gasteiger partial charge in [-0.15, -0.1) is 10.2 Å². The molecule has 3 rings (SSSR count). The Morgan fingerprint density at radius 1 is 1.06 bits per heavy atom. The molecule has 0 amide bonds. The van der Waals surface area contributed by atoms with Crippen molar-refractivity contribution < 1.29 is 0 Å². The van der Waals surface area contributed by atoms with E-state index in [2.05, 4.69) is 15.3 Å². The van der Waals surface area contributed by atoms with Gasteiger partial charge in [0.25, 0.3) is 0 Å². The molecule has 0 spiro atoms. The largest absolute Gasteiger partial charge is 0.198 e. The molecule has 5 heteroatoms. The lowest BCUT2D eigenvalue weighted by atomic mass is 10.1. The van der Waals surface area contributed by atoms with Crippen LogP contribution in [0.2, 0.25) is 5.02 Å². The molecular formula is C12H9ClN4. The topological polar surface area (TPSA) is 43.1 Å². The molecule has 0 aliphatic carbocycles. The maximum atomic E-state index is 5.86. The molecule has 0 saturated carbocycles. The Kier molecular flexibility index (Phi) is 2.30. The van der Waals surface area contributed by atoms with Gasteiger partial charge in [0.15, 0.2) is 11.5 Å². The zero-order chi connectivity index (χ0) is 11.8. The quantitative estimate of drug-likeness (QED) is 0.661. The highest BCUT2D eigenvalue weighted by Crippen LogP contribution is 2.21. The molecule has 0 aliphatic rings. The summed E-state index contributed by atoms with van der Waals surface area (Å²) in [5.41, 5.74) is 2.81. The van der Waals surface area contributed by atoms with Crippen LogP contribution in [0.15, 0.2) is 36.5 Å². The molecule has 0 bridgehead atoms. The molecular weight excluding hydrogens is 236 g/mol. The van der Waals surface area contributed by atoms with E-state index in [1.807, 2.05) is 37.3 Å². The molecule has 2 heterocycles. The van der Waals surface area contributed by atoms with Crippen molar-refractivity contribution in [2.45, 2.75) is 6.92 Å². The van der Waals surface area contributed by atoms with E-state index < -0.39 is 0 Å². The molecule has 0 saturated heterocycles. The van der Waals surface area contributed by atoms with Crippen LogP contribution in [0.4, 0.5) is 0 Å². The van der Waals surface area contributed by atoms with E-state index in [4.69, 9.17) is 11.6 Å². The summed E-state index contributed by atoms with van der Waals surface area (Å²) in [6, 6.07) is 9.58. The maximum absolute atomic E-state index is 5.86. The smallest absolute Gasteiger partial charge is 0.178 e. The van der Waals surface area contributed by atoms with Crippen LogP contribution < -0.4 is 0 Å². The van der Waals surface area contributed by atoms with Crippen molar-refractivity contribution in [1.82, 2.24) is 19.8 Å². The first-order valence-corrected chi connectivity index (χ1v) is 5.56. The highest BCUT2D eigenvalue weighted by atomic mass is 35.5. The van der Waals surface area contributed by atoms with Crippen LogP contribution in [-0.2, 0) is 0 Å². The summed E-state index contributed by atoms with van der Waals surface area (Å²) in [5.74, 6) is 0.780. The molecule has 17 heavy (non-hydrogen) atoms. The van der Waals surface area contributed by atoms with E-state index in [0.29, 0.717) is 0 Å². The molecule has 84 valence electrons. The highest BCUT2D eigenvalue weighted by Gasteiger charge is 2.04. The number of hydrogen-bond donors (Lipinski definition) is 0. The Morgan fingerprint density at radius 2 is 1.82 bits per heavy atom. The van der Waals surface area contributed by atoms with Gasteiger partial charge in [-0.1, -0.05) is 23.7 Å². The summed E-state index contributed by atoms with van der Waals surface area (Å²) in [7, 11) is 0. The molecule has 1 aromatic carbocycles. The zero-order valence-corrected chi connectivity index (χ0v) is 9.89. The number of aromatic nitrogens is 4. The molecule has 4 nitrogen and oxygen atoms in total. The van der Waals surface area contributed by atoms with Crippen molar-refractivity contribution in [2.24, 2.45) is 0 Å². The van der Waals surface area contributed by atoms with Crippen LogP contribution in [0, 0.1) is 6.92 Å². The van der Waals surface area contributed by atoms with Crippen LogP contribution in [-0.4, -0.2) is 19.8 Å². The number of fused-ring (bicyclic) bond motifs is 1. The molecule has 0 unspecified atom stereocenters. The lowest BCUT2D eigenvalue weighted by molar-refractivity contribution is 0.876. The minimum absolute atomic E-state index is 0.723. The van der Waals surface area contributed by atoms with Gasteiger partial charge in [0, 0.05) is 10.6 Å². The Balaban J connectivity index is 2.14. The van der Waals surface area contributed by atoms with Gasteiger partial charge < -0.3 is 0 Å². The molecule has 0 atom stereocenters. The predicted octanol–water partition coefficient (Wildman–Crippen LogP) is 2.75. The Hall–Kier alpha value is -1.94. The van der Waals surface area contributed by atoms with Gasteiger partial charge in [-0.25, -0.2) is 0 Å². The van der Waals surface area contributed by atoms with Crippen molar-refractivity contribution in [1.29, 1.82) is 0 Å². The molecule has 3 aromatic rings. The van der Waals surface area contributed by atoms with Crippen molar-refractivity contribution in [3.63, 3.8) is 0 Å². The third-order valence-electron chi connectivity index (χ3n) is 2.60. The fourth-order valence-corrected chi connectivity index (χ4v) is 1.83. The minimum Gasteiger partial charge on any atom is -0.198 e. The van der Waals surface area contributed by atoms with E-state index in [1.165, 1.54) is 0 Å². The Bertz CT molecular complexity index is 673. The number of aryl methyl sites for hydroxylation is 1. The Labute approximate surface area is 103 Å². The van der Waals surface area contributed by atoms with Gasteiger partial charge >= 0.3 is 0 Å². The van der Waals surface area contributed by atoms with Crippen LogP contribution in [0.25, 0.3) is 16.8 Å². The lowest BCUT2D eigenvalue weighted by Gasteiger charge is -2.01. The highest BCUT2D eigenvalue weighted by molar-refractivity contribution is 6.30. The standard InChI is InChI=1S/C12H9ClN4/c1-8-15-16-12-6-10(7-14-17(8)12)9-2-4-11(13)5-3-9/h2-7H,1H3. The molecule has 0 N–H and O–H groups in total. The van der Waals surface area contributed by atoms with Gasteiger partial charge in [0.2, 0.25) is 0 Å². The van der Waals surface area contributed by atoms with Crippen molar-refractivity contribution in [3.8, 4) is 11.1 Å². The van der Waals surface area contributed by atoms with Gasteiger partial charge in [-0.05, 0) is 30.7 Å². The first kappa shape index (κ1) is 10.2. The second-order valence-electron chi connectivity index (χ2n) is 3.77. The molecule has 0 fully saturated rings. The van der Waals surface area contributed by atoms with Gasteiger partial charge in [-0.3, -0.25) is 0 Å². The van der Waals surface area contributed by atoms with E-state index in [0.717, 1.165) is 27.6 Å². The van der Waals surface area contributed by atoms with E-state index in [1.54, 1.807) is 10.7 Å². The van der Waals surface area contributed by atoms with E-state index in [-0.39, 0.29) is 0 Å². The second kappa shape index (κ2) is 3.82. The maximum Gasteiger partial charge on any atom is 0.178 e. The van der Waals surface area contributed by atoms with Gasteiger partial charge in [0.1, 0.15) is 0 Å². The summed E-state index contributed by atoms with van der Waals surface area (Å²) in [4.78, 5) is 0. The van der Waals surface area contributed by atoms with Crippen LogP contribution >= 0.6 is 11.6 Å². The number of halogens is 1. The van der Waals surface area contributed by atoms with Crippen molar-refractivity contribution in [3.05, 3.63) is 47.4 Å². The first-order chi connectivity index (χ1) is 8.24. The number of hydrogen-bond acceptors (Lipinski definition) is 3. The molecule has 0 aliphatic heterocycles. The summed E-state index contributed by atoms with van der Waals surface area (Å²) in [6.07, 6.45) is 1.80. The molecule has 0 radical (unpaired) electrons. The van der Waals surface area contributed by atoms with Gasteiger partial charge in [-0.2, -0.15) is 9.61 Å². The third-order valence-corrected chi connectivity index (χ3v) is 2.85. The number of rotatable bonds is 1. The molecule has 2 aromatic heterocycles. The average molecular weight is 245 g/mol. The average Bonchev–Trinajstić information content (AvgIpc) is 2.72. The van der Waals surface area contributed by atoms with E-state index in [9.17, 15) is 0 Å². The zero-order valence-electron chi connectivity index (χ0n) is 9.13. The normalized spacial score (nSPS) is 10.9. The van der Waals surface area contributed by atoms with E-state index >= 15 is 0 Å². The van der Waals surface area contributed by atoms with Crippen LogP contribution in [0.1, 0.15) is 5.82 Å². The Morgan fingerprint density at radius 3 is 2.59 bits per heavy atom. The minimum atomic E-state index is 0.723. The number of nitrogens with zero attached hydrogens (tertiary/aromatic N) is 4. The fourth-order valence-electron chi connectivity index (χ4n) is 1.70. The lowest BCUT2D eigenvalue weighted by Crippen LogP contribution is -1.94. The fraction of sp³-hybridized carbons (Fsp3) is 0.0833. The summed E-state index contributed by atoms with van der Waals surface area (Å²) in [6.45, 7) is 1.87. The van der Waals surface area contributed by atoms with Crippen molar-refractivity contribution >= 4 is 17.2 Å². The summed E-state index contributed by atoms with van der Waals surface area (Å²) < 4.78 is 1.71.